The number of hydrogen-bond acceptors (Lipinski definition) is 2. The highest BCUT2D eigenvalue weighted by atomic mass is 14.9. The van der Waals surface area contributed by atoms with Crippen molar-refractivity contribution in [3.8, 4) is 11.1 Å². The molecule has 0 saturated heterocycles. The van der Waals surface area contributed by atoms with Gasteiger partial charge < -0.3 is 10.6 Å². The molecule has 2 N–H and O–H groups in total. The van der Waals surface area contributed by atoms with Gasteiger partial charge in [-0.15, -0.1) is 0 Å². The smallest absolute Gasteiger partial charge is 0.0340 e. The van der Waals surface area contributed by atoms with Gasteiger partial charge in [0.1, 0.15) is 0 Å². The van der Waals surface area contributed by atoms with Gasteiger partial charge in [0.15, 0.2) is 0 Å². The third kappa shape index (κ3) is 3.19. The van der Waals surface area contributed by atoms with Crippen molar-refractivity contribution < 1.29 is 0 Å². The second-order valence-corrected chi connectivity index (χ2v) is 6.30. The van der Waals surface area contributed by atoms with Crippen LogP contribution in [-0.4, -0.2) is 13.1 Å². The fourth-order valence-corrected chi connectivity index (χ4v) is 3.39. The molecule has 0 aromatic heterocycles. The van der Waals surface area contributed by atoms with Crippen molar-refractivity contribution in [2.75, 3.05) is 18.4 Å². The fourth-order valence-electron chi connectivity index (χ4n) is 3.39. The van der Waals surface area contributed by atoms with Crippen molar-refractivity contribution in [3.05, 3.63) is 89.5 Å². The molecule has 3 aromatic carbocycles. The molecule has 3 aromatic rings. The topological polar surface area (TPSA) is 24.1 Å². The summed E-state index contributed by atoms with van der Waals surface area (Å²) < 4.78 is 0. The number of fused-ring (bicyclic) bond motifs is 3. The zero-order valence-electron chi connectivity index (χ0n) is 13.8. The molecule has 0 saturated carbocycles. The molecular formula is C22H22N2. The lowest BCUT2D eigenvalue weighted by molar-refractivity contribution is 0.706. The van der Waals surface area contributed by atoms with E-state index in [4.69, 9.17) is 0 Å². The summed E-state index contributed by atoms with van der Waals surface area (Å²) in [5.41, 5.74) is 8.25. The molecule has 0 heterocycles. The van der Waals surface area contributed by atoms with Gasteiger partial charge in [0.05, 0.1) is 0 Å². The second kappa shape index (κ2) is 6.90. The van der Waals surface area contributed by atoms with Crippen LogP contribution in [-0.2, 0) is 13.0 Å². The predicted octanol–water partition coefficient (Wildman–Crippen LogP) is 4.46. The highest BCUT2D eigenvalue weighted by Crippen LogP contribution is 2.36. The van der Waals surface area contributed by atoms with Gasteiger partial charge in [0, 0.05) is 25.3 Å². The van der Waals surface area contributed by atoms with Crippen molar-refractivity contribution in [2.45, 2.75) is 13.0 Å². The van der Waals surface area contributed by atoms with Crippen LogP contribution in [0.4, 0.5) is 5.69 Å². The minimum Gasteiger partial charge on any atom is -0.384 e. The maximum absolute atomic E-state index is 3.52. The summed E-state index contributed by atoms with van der Waals surface area (Å²) in [5.74, 6) is 0. The Hall–Kier alpha value is -2.58. The minimum atomic E-state index is 0.917. The molecule has 0 bridgehead atoms. The monoisotopic (exact) mass is 314 g/mol. The van der Waals surface area contributed by atoms with Crippen LogP contribution in [0, 0.1) is 0 Å². The molecule has 0 spiro atoms. The van der Waals surface area contributed by atoms with Crippen LogP contribution in [0.15, 0.2) is 72.8 Å². The fraction of sp³-hybridized carbons (Fsp3) is 0.182. The number of rotatable bonds is 6. The first-order chi connectivity index (χ1) is 11.9. The highest BCUT2D eigenvalue weighted by molar-refractivity contribution is 5.76. The Morgan fingerprint density at radius 1 is 0.708 bits per heavy atom. The van der Waals surface area contributed by atoms with Crippen LogP contribution < -0.4 is 10.6 Å². The highest BCUT2D eigenvalue weighted by Gasteiger charge is 2.17. The van der Waals surface area contributed by atoms with Gasteiger partial charge in [-0.2, -0.15) is 0 Å². The van der Waals surface area contributed by atoms with Crippen LogP contribution >= 0.6 is 0 Å². The summed E-state index contributed by atoms with van der Waals surface area (Å²) in [6.45, 7) is 2.80. The molecule has 0 radical (unpaired) electrons. The number of para-hydroxylation sites is 1. The first-order valence-electron chi connectivity index (χ1n) is 8.60. The average Bonchev–Trinajstić information content (AvgIpc) is 3.00. The van der Waals surface area contributed by atoms with Crippen molar-refractivity contribution >= 4 is 5.69 Å². The molecule has 1 aliphatic rings. The van der Waals surface area contributed by atoms with Crippen LogP contribution in [0.2, 0.25) is 0 Å². The van der Waals surface area contributed by atoms with Crippen LogP contribution in [0.1, 0.15) is 16.7 Å². The average molecular weight is 314 g/mol. The lowest BCUT2D eigenvalue weighted by atomic mass is 10.0. The number of anilines is 1. The lowest BCUT2D eigenvalue weighted by Gasteiger charge is -2.09. The van der Waals surface area contributed by atoms with Crippen molar-refractivity contribution in [3.63, 3.8) is 0 Å². The van der Waals surface area contributed by atoms with E-state index in [9.17, 15) is 0 Å². The van der Waals surface area contributed by atoms with Crippen LogP contribution in [0.5, 0.6) is 0 Å². The van der Waals surface area contributed by atoms with Crippen LogP contribution in [0.25, 0.3) is 11.1 Å². The van der Waals surface area contributed by atoms with Crippen LogP contribution in [0.3, 0.4) is 0 Å². The van der Waals surface area contributed by atoms with Gasteiger partial charge in [0.25, 0.3) is 0 Å². The van der Waals surface area contributed by atoms with Crippen molar-refractivity contribution in [1.29, 1.82) is 0 Å². The van der Waals surface area contributed by atoms with E-state index in [-0.39, 0.29) is 0 Å². The molecular weight excluding hydrogens is 292 g/mol. The SMILES string of the molecule is c1ccc(NCCNCc2ccc3c(c2)Cc2ccccc2-3)cc1. The van der Waals surface area contributed by atoms with Gasteiger partial charge in [-0.3, -0.25) is 0 Å². The van der Waals surface area contributed by atoms with E-state index in [1.165, 1.54) is 33.5 Å². The van der Waals surface area contributed by atoms with Gasteiger partial charge in [0.2, 0.25) is 0 Å². The summed E-state index contributed by atoms with van der Waals surface area (Å²) in [6, 6.07) is 25.9. The Labute approximate surface area is 143 Å². The van der Waals surface area contributed by atoms with Gasteiger partial charge in [-0.1, -0.05) is 60.7 Å². The standard InChI is InChI=1S/C22H22N2/c1-2-7-20(8-3-1)24-13-12-23-16-17-10-11-22-19(14-17)15-18-6-4-5-9-21(18)22/h1-11,14,23-24H,12-13,15-16H2. The first-order valence-corrected chi connectivity index (χ1v) is 8.60. The van der Waals surface area contributed by atoms with E-state index in [2.05, 4.69) is 77.4 Å². The Bertz CT molecular complexity index is 824. The predicted molar refractivity (Wildman–Crippen MR) is 101 cm³/mol. The Balaban J connectivity index is 1.30. The maximum atomic E-state index is 3.52. The molecule has 24 heavy (non-hydrogen) atoms. The Morgan fingerprint density at radius 3 is 2.42 bits per heavy atom. The van der Waals surface area contributed by atoms with E-state index in [0.29, 0.717) is 0 Å². The molecule has 2 heteroatoms. The Kier molecular flexibility index (Phi) is 4.30. The number of hydrogen-bond donors (Lipinski definition) is 2. The van der Waals surface area contributed by atoms with Gasteiger partial charge in [-0.25, -0.2) is 0 Å². The Morgan fingerprint density at radius 2 is 1.50 bits per heavy atom. The molecule has 0 unspecified atom stereocenters. The maximum Gasteiger partial charge on any atom is 0.0340 e. The molecule has 0 fully saturated rings. The third-order valence-corrected chi connectivity index (χ3v) is 4.59. The first kappa shape index (κ1) is 15.0. The van der Waals surface area contributed by atoms with Gasteiger partial charge in [-0.05, 0) is 46.4 Å². The summed E-state index contributed by atoms with van der Waals surface area (Å²) in [7, 11) is 0. The summed E-state index contributed by atoms with van der Waals surface area (Å²) in [5, 5.41) is 6.94. The summed E-state index contributed by atoms with van der Waals surface area (Å²) in [6.07, 6.45) is 1.06. The van der Waals surface area contributed by atoms with E-state index in [0.717, 1.165) is 26.1 Å². The summed E-state index contributed by atoms with van der Waals surface area (Å²) >= 11 is 0. The van der Waals surface area contributed by atoms with Crippen molar-refractivity contribution in [2.24, 2.45) is 0 Å². The van der Waals surface area contributed by atoms with E-state index >= 15 is 0 Å². The molecule has 1 aliphatic carbocycles. The molecule has 0 atom stereocenters. The zero-order chi connectivity index (χ0) is 16.2. The molecule has 0 amide bonds. The molecule has 120 valence electrons. The largest absolute Gasteiger partial charge is 0.384 e. The normalized spacial score (nSPS) is 11.8. The van der Waals surface area contributed by atoms with E-state index in [1.807, 2.05) is 6.07 Å². The molecule has 2 nitrogen and oxygen atoms in total. The van der Waals surface area contributed by atoms with E-state index < -0.39 is 0 Å². The van der Waals surface area contributed by atoms with Crippen molar-refractivity contribution in [1.82, 2.24) is 5.32 Å². The summed E-state index contributed by atoms with van der Waals surface area (Å²) in [4.78, 5) is 0. The van der Waals surface area contributed by atoms with Gasteiger partial charge >= 0.3 is 0 Å². The molecule has 0 aliphatic heterocycles. The quantitative estimate of drug-likeness (QED) is 0.513. The second-order valence-electron chi connectivity index (χ2n) is 6.30. The number of nitrogens with one attached hydrogen (secondary N) is 2. The number of benzene rings is 3. The third-order valence-electron chi connectivity index (χ3n) is 4.59. The zero-order valence-corrected chi connectivity index (χ0v) is 13.8. The molecule has 4 rings (SSSR count). The minimum absolute atomic E-state index is 0.917. The van der Waals surface area contributed by atoms with E-state index in [1.54, 1.807) is 0 Å². The lowest BCUT2D eigenvalue weighted by Crippen LogP contribution is -2.21.